The van der Waals surface area contributed by atoms with Gasteiger partial charge in [-0.2, -0.15) is 0 Å². The second-order valence-electron chi connectivity index (χ2n) is 4.76. The minimum absolute atomic E-state index is 0.186. The van der Waals surface area contributed by atoms with E-state index in [9.17, 15) is 4.79 Å². The van der Waals surface area contributed by atoms with Crippen molar-refractivity contribution in [3.8, 4) is 0 Å². The number of carbonyl (C=O) groups is 1. The number of hydrogen-bond donors (Lipinski definition) is 0. The molecule has 86 valence electrons. The summed E-state index contributed by atoms with van der Waals surface area (Å²) in [7, 11) is 0. The Morgan fingerprint density at radius 3 is 2.33 bits per heavy atom. The van der Waals surface area contributed by atoms with E-state index in [4.69, 9.17) is 0 Å². The first-order chi connectivity index (χ1) is 7.04. The summed E-state index contributed by atoms with van der Waals surface area (Å²) in [5.41, 5.74) is -0.186. The van der Waals surface area contributed by atoms with Crippen molar-refractivity contribution >= 4 is 6.29 Å². The SMILES string of the molecule is C=CCCC=CCCC(C)C(C)(C)C=O. The first-order valence-corrected chi connectivity index (χ1v) is 5.76. The lowest BCUT2D eigenvalue weighted by molar-refractivity contribution is -0.116. The van der Waals surface area contributed by atoms with Crippen molar-refractivity contribution < 1.29 is 4.79 Å². The number of hydrogen-bond acceptors (Lipinski definition) is 1. The number of carbonyl (C=O) groups excluding carboxylic acids is 1. The van der Waals surface area contributed by atoms with Crippen molar-refractivity contribution in [2.24, 2.45) is 11.3 Å². The molecule has 0 spiro atoms. The summed E-state index contributed by atoms with van der Waals surface area (Å²) in [6.45, 7) is 9.83. The quantitative estimate of drug-likeness (QED) is 0.333. The molecular formula is C14H24O. The third kappa shape index (κ3) is 6.27. The molecule has 0 aliphatic carbocycles. The highest BCUT2D eigenvalue weighted by Crippen LogP contribution is 2.27. The molecule has 0 saturated carbocycles. The van der Waals surface area contributed by atoms with E-state index < -0.39 is 0 Å². The van der Waals surface area contributed by atoms with Gasteiger partial charge in [0.2, 0.25) is 0 Å². The molecule has 1 nitrogen and oxygen atoms in total. The van der Waals surface area contributed by atoms with Crippen molar-refractivity contribution in [1.29, 1.82) is 0 Å². The Balaban J connectivity index is 3.71. The normalized spacial score (nSPS) is 14.1. The van der Waals surface area contributed by atoms with Gasteiger partial charge < -0.3 is 4.79 Å². The molecule has 0 radical (unpaired) electrons. The van der Waals surface area contributed by atoms with E-state index in [0.29, 0.717) is 5.92 Å². The van der Waals surface area contributed by atoms with Crippen LogP contribution in [0.15, 0.2) is 24.8 Å². The Morgan fingerprint density at radius 1 is 1.20 bits per heavy atom. The van der Waals surface area contributed by atoms with Gasteiger partial charge in [0.15, 0.2) is 0 Å². The lowest BCUT2D eigenvalue weighted by Crippen LogP contribution is -2.22. The van der Waals surface area contributed by atoms with Crippen molar-refractivity contribution in [3.05, 3.63) is 24.8 Å². The molecule has 0 heterocycles. The average molecular weight is 208 g/mol. The Hall–Kier alpha value is -0.850. The molecule has 1 heteroatoms. The lowest BCUT2D eigenvalue weighted by Gasteiger charge is -2.24. The van der Waals surface area contributed by atoms with Crippen LogP contribution in [0.5, 0.6) is 0 Å². The first-order valence-electron chi connectivity index (χ1n) is 5.76. The van der Waals surface area contributed by atoms with E-state index in [0.717, 1.165) is 32.0 Å². The molecule has 0 aliphatic heterocycles. The van der Waals surface area contributed by atoms with Gasteiger partial charge in [0.05, 0.1) is 0 Å². The van der Waals surface area contributed by atoms with E-state index in [-0.39, 0.29) is 5.41 Å². The van der Waals surface area contributed by atoms with Gasteiger partial charge in [0.25, 0.3) is 0 Å². The highest BCUT2D eigenvalue weighted by molar-refractivity contribution is 5.58. The zero-order valence-corrected chi connectivity index (χ0v) is 10.3. The minimum atomic E-state index is -0.186. The maximum atomic E-state index is 10.8. The molecule has 0 fully saturated rings. The van der Waals surface area contributed by atoms with E-state index in [2.05, 4.69) is 25.7 Å². The molecule has 15 heavy (non-hydrogen) atoms. The van der Waals surface area contributed by atoms with Crippen molar-refractivity contribution in [2.75, 3.05) is 0 Å². The van der Waals surface area contributed by atoms with Crippen LogP contribution in [-0.4, -0.2) is 6.29 Å². The van der Waals surface area contributed by atoms with Gasteiger partial charge in [-0.25, -0.2) is 0 Å². The largest absolute Gasteiger partial charge is 0.303 e. The van der Waals surface area contributed by atoms with Crippen molar-refractivity contribution in [3.63, 3.8) is 0 Å². The minimum Gasteiger partial charge on any atom is -0.303 e. The average Bonchev–Trinajstić information content (AvgIpc) is 2.22. The predicted molar refractivity (Wildman–Crippen MR) is 66.8 cm³/mol. The lowest BCUT2D eigenvalue weighted by atomic mass is 9.79. The molecule has 0 saturated heterocycles. The molecule has 0 amide bonds. The molecule has 1 unspecified atom stereocenters. The molecule has 0 aliphatic rings. The molecule has 0 bridgehead atoms. The number of rotatable bonds is 8. The standard InChI is InChI=1S/C14H24O/c1-5-6-7-8-9-10-11-13(2)14(3,4)12-15/h5,8-9,12-13H,1,6-7,10-11H2,2-4H3. The van der Waals surface area contributed by atoms with Gasteiger partial charge in [-0.1, -0.05) is 39.0 Å². The van der Waals surface area contributed by atoms with E-state index in [1.54, 1.807) is 0 Å². The fourth-order valence-electron chi connectivity index (χ4n) is 1.28. The highest BCUT2D eigenvalue weighted by atomic mass is 16.1. The topological polar surface area (TPSA) is 17.1 Å². The van der Waals surface area contributed by atoms with E-state index in [1.165, 1.54) is 0 Å². The van der Waals surface area contributed by atoms with Crippen LogP contribution >= 0.6 is 0 Å². The summed E-state index contributed by atoms with van der Waals surface area (Å²) >= 11 is 0. The molecule has 0 aromatic heterocycles. The fourth-order valence-corrected chi connectivity index (χ4v) is 1.28. The van der Waals surface area contributed by atoms with Crippen LogP contribution in [-0.2, 0) is 4.79 Å². The smallest absolute Gasteiger partial charge is 0.125 e. The van der Waals surface area contributed by atoms with Gasteiger partial charge in [-0.15, -0.1) is 6.58 Å². The second-order valence-corrected chi connectivity index (χ2v) is 4.76. The van der Waals surface area contributed by atoms with Crippen molar-refractivity contribution in [1.82, 2.24) is 0 Å². The maximum absolute atomic E-state index is 10.8. The number of allylic oxidation sites excluding steroid dienone is 3. The summed E-state index contributed by atoms with van der Waals surface area (Å²) in [6, 6.07) is 0. The van der Waals surface area contributed by atoms with Crippen LogP contribution in [0.1, 0.15) is 46.5 Å². The predicted octanol–water partition coefficient (Wildman–Crippen LogP) is 4.15. The third-order valence-corrected chi connectivity index (χ3v) is 3.04. The summed E-state index contributed by atoms with van der Waals surface area (Å²) in [5.74, 6) is 0.444. The summed E-state index contributed by atoms with van der Waals surface area (Å²) in [5, 5.41) is 0. The highest BCUT2D eigenvalue weighted by Gasteiger charge is 2.23. The zero-order valence-electron chi connectivity index (χ0n) is 10.3. The van der Waals surface area contributed by atoms with Gasteiger partial charge in [0, 0.05) is 5.41 Å². The molecule has 0 rings (SSSR count). The summed E-state index contributed by atoms with van der Waals surface area (Å²) < 4.78 is 0. The molecule has 1 atom stereocenters. The third-order valence-electron chi connectivity index (χ3n) is 3.04. The van der Waals surface area contributed by atoms with Gasteiger partial charge in [-0.3, -0.25) is 0 Å². The maximum Gasteiger partial charge on any atom is 0.125 e. The molecular weight excluding hydrogens is 184 g/mol. The van der Waals surface area contributed by atoms with Crippen LogP contribution in [0.3, 0.4) is 0 Å². The Morgan fingerprint density at radius 2 is 1.80 bits per heavy atom. The van der Waals surface area contributed by atoms with E-state index in [1.807, 2.05) is 19.9 Å². The van der Waals surface area contributed by atoms with Crippen LogP contribution in [0.2, 0.25) is 0 Å². The second kappa shape index (κ2) is 7.44. The fraction of sp³-hybridized carbons (Fsp3) is 0.643. The Kier molecular flexibility index (Phi) is 7.02. The molecule has 0 aromatic carbocycles. The van der Waals surface area contributed by atoms with Crippen LogP contribution in [0, 0.1) is 11.3 Å². The first kappa shape index (κ1) is 14.2. The van der Waals surface area contributed by atoms with Crippen LogP contribution in [0.25, 0.3) is 0 Å². The van der Waals surface area contributed by atoms with Gasteiger partial charge in [-0.05, 0) is 31.6 Å². The zero-order chi connectivity index (χ0) is 11.7. The van der Waals surface area contributed by atoms with Crippen molar-refractivity contribution in [2.45, 2.75) is 46.5 Å². The summed E-state index contributed by atoms with van der Waals surface area (Å²) in [4.78, 5) is 10.8. The van der Waals surface area contributed by atoms with Crippen LogP contribution in [0.4, 0.5) is 0 Å². The molecule has 0 N–H and O–H groups in total. The van der Waals surface area contributed by atoms with Crippen LogP contribution < -0.4 is 0 Å². The van der Waals surface area contributed by atoms with Gasteiger partial charge >= 0.3 is 0 Å². The summed E-state index contributed by atoms with van der Waals surface area (Å²) in [6.07, 6.45) is 11.7. The van der Waals surface area contributed by atoms with E-state index >= 15 is 0 Å². The molecule has 0 aromatic rings. The monoisotopic (exact) mass is 208 g/mol. The Bertz CT molecular complexity index is 213. The Labute approximate surface area is 94.3 Å². The number of unbranched alkanes of at least 4 members (excludes halogenated alkanes) is 1. The van der Waals surface area contributed by atoms with Gasteiger partial charge in [0.1, 0.15) is 6.29 Å². The number of aldehydes is 1.